The highest BCUT2D eigenvalue weighted by atomic mass is 32.2. The number of thioether (sulfide) groups is 1. The zero-order chi connectivity index (χ0) is 18.4. The minimum absolute atomic E-state index is 0.118. The van der Waals surface area contributed by atoms with E-state index < -0.39 is 18.4 Å². The Labute approximate surface area is 149 Å². The van der Waals surface area contributed by atoms with Crippen LogP contribution < -0.4 is 0 Å². The third-order valence-electron chi connectivity index (χ3n) is 3.51. The maximum absolute atomic E-state index is 11.3. The van der Waals surface area contributed by atoms with Gasteiger partial charge in [-0.15, -0.1) is 11.8 Å². The Balaban J connectivity index is 2.10. The minimum Gasteiger partial charge on any atom is -0.376 e. The van der Waals surface area contributed by atoms with Gasteiger partial charge in [-0.05, 0) is 30.2 Å². The quantitative estimate of drug-likeness (QED) is 0.210. The number of rotatable bonds is 8. The van der Waals surface area contributed by atoms with Crippen LogP contribution in [-0.2, 0) is 11.0 Å². The van der Waals surface area contributed by atoms with Gasteiger partial charge >= 0.3 is 7.60 Å². The number of hydrogen-bond acceptors (Lipinski definition) is 5. The van der Waals surface area contributed by atoms with Gasteiger partial charge in [0, 0.05) is 22.6 Å². The molecule has 0 radical (unpaired) electrons. The average Bonchev–Trinajstić information content (AvgIpc) is 2.58. The van der Waals surface area contributed by atoms with E-state index in [2.05, 4.69) is 0 Å². The molecular weight excluding hydrogens is 365 g/mol. The average molecular weight is 383 g/mol. The van der Waals surface area contributed by atoms with E-state index in [1.807, 2.05) is 30.3 Å². The molecule has 0 bridgehead atoms. The summed E-state index contributed by atoms with van der Waals surface area (Å²) >= 11 is 1.31. The molecule has 0 amide bonds. The van der Waals surface area contributed by atoms with E-state index in [1.165, 1.54) is 29.5 Å². The van der Waals surface area contributed by atoms with Crippen molar-refractivity contribution in [1.29, 1.82) is 0 Å². The van der Waals surface area contributed by atoms with Crippen molar-refractivity contribution < 1.29 is 24.4 Å². The van der Waals surface area contributed by atoms with E-state index in [9.17, 15) is 29.6 Å². The fourth-order valence-electron chi connectivity index (χ4n) is 2.27. The molecule has 9 heteroatoms. The van der Waals surface area contributed by atoms with Gasteiger partial charge < -0.3 is 14.9 Å². The molecule has 1 atom stereocenters. The van der Waals surface area contributed by atoms with E-state index in [-0.39, 0.29) is 11.3 Å². The topological polar surface area (TPSA) is 121 Å². The Bertz CT molecular complexity index is 779. The number of nitro benzene ring substituents is 1. The third kappa shape index (κ3) is 5.66. The Morgan fingerprint density at radius 1 is 1.16 bits per heavy atom. The van der Waals surface area contributed by atoms with Crippen LogP contribution in [0.25, 0.3) is 0 Å². The molecule has 0 saturated heterocycles. The van der Waals surface area contributed by atoms with Crippen LogP contribution in [0.5, 0.6) is 0 Å². The number of hydrogen-bond donors (Lipinski definition) is 3. The van der Waals surface area contributed by atoms with Crippen LogP contribution in [0.15, 0.2) is 53.4 Å². The van der Waals surface area contributed by atoms with E-state index >= 15 is 0 Å². The van der Waals surface area contributed by atoms with Gasteiger partial charge in [-0.25, -0.2) is 0 Å². The first-order chi connectivity index (χ1) is 11.8. The van der Waals surface area contributed by atoms with Crippen LogP contribution in [0.4, 0.5) is 5.69 Å². The monoisotopic (exact) mass is 383 g/mol. The van der Waals surface area contributed by atoms with Crippen molar-refractivity contribution >= 4 is 25.0 Å². The number of aliphatic hydroxyl groups excluding tert-OH is 1. The highest BCUT2D eigenvalue weighted by Crippen LogP contribution is 2.52. The minimum atomic E-state index is -4.82. The molecule has 7 nitrogen and oxygen atoms in total. The molecule has 0 aromatic heterocycles. The Hall–Kier alpha value is -1.70. The lowest BCUT2D eigenvalue weighted by Crippen LogP contribution is -2.02. The molecule has 2 aromatic rings. The second kappa shape index (κ2) is 8.60. The van der Waals surface area contributed by atoms with Crippen LogP contribution in [0.3, 0.4) is 0 Å². The van der Waals surface area contributed by atoms with E-state index in [0.717, 1.165) is 18.9 Å². The molecule has 2 aromatic carbocycles. The molecule has 1 unspecified atom stereocenters. The SMILES string of the molecule is O=[N+]([O-])c1ccc(SCCCc2ccccc2)c(C(O)P(=O)(O)O)c1. The van der Waals surface area contributed by atoms with E-state index in [0.29, 0.717) is 10.6 Å². The first-order valence-corrected chi connectivity index (χ1v) is 10.1. The number of aryl methyl sites for hydroxylation is 1. The molecule has 25 heavy (non-hydrogen) atoms. The molecule has 0 heterocycles. The lowest BCUT2D eigenvalue weighted by molar-refractivity contribution is -0.385. The van der Waals surface area contributed by atoms with Crippen LogP contribution in [-0.4, -0.2) is 25.6 Å². The van der Waals surface area contributed by atoms with E-state index in [4.69, 9.17) is 0 Å². The molecule has 0 fully saturated rings. The van der Waals surface area contributed by atoms with Crippen molar-refractivity contribution in [2.24, 2.45) is 0 Å². The van der Waals surface area contributed by atoms with Gasteiger partial charge in [0.25, 0.3) is 5.69 Å². The Morgan fingerprint density at radius 3 is 2.44 bits per heavy atom. The standard InChI is InChI=1S/C16H18NO6PS/c18-16(24(21,22)23)14-11-13(17(19)20)8-9-15(14)25-10-4-7-12-5-2-1-3-6-12/h1-3,5-6,8-9,11,16,18H,4,7,10H2,(H2,21,22,23). The third-order valence-corrected chi connectivity index (χ3v) is 5.60. The first kappa shape index (κ1) is 19.6. The summed E-state index contributed by atoms with van der Waals surface area (Å²) in [7, 11) is -4.82. The largest absolute Gasteiger partial charge is 0.376 e. The van der Waals surface area contributed by atoms with Crippen molar-refractivity contribution in [3.63, 3.8) is 0 Å². The summed E-state index contributed by atoms with van der Waals surface area (Å²) in [5.74, 6) is -1.43. The fourth-order valence-corrected chi connectivity index (χ4v) is 3.94. The van der Waals surface area contributed by atoms with E-state index in [1.54, 1.807) is 0 Å². The van der Waals surface area contributed by atoms with Crippen molar-refractivity contribution in [2.75, 3.05) is 5.75 Å². The zero-order valence-corrected chi connectivity index (χ0v) is 14.9. The summed E-state index contributed by atoms with van der Waals surface area (Å²) in [4.78, 5) is 29.0. The van der Waals surface area contributed by atoms with Crippen LogP contribution >= 0.6 is 19.4 Å². The number of aliphatic hydroxyl groups is 1. The molecular formula is C16H18NO6PS. The summed E-state index contributed by atoms with van der Waals surface area (Å²) < 4.78 is 11.3. The van der Waals surface area contributed by atoms with Gasteiger partial charge in [0.05, 0.1) is 4.92 Å². The summed E-state index contributed by atoms with van der Waals surface area (Å²) in [6, 6.07) is 13.6. The van der Waals surface area contributed by atoms with Crippen LogP contribution in [0.1, 0.15) is 23.4 Å². The number of nitro groups is 1. The van der Waals surface area contributed by atoms with Crippen LogP contribution in [0.2, 0.25) is 0 Å². The predicted octanol–water partition coefficient (Wildman–Crippen LogP) is 3.49. The molecule has 0 spiro atoms. The van der Waals surface area contributed by atoms with Crippen LogP contribution in [0, 0.1) is 10.1 Å². The van der Waals surface area contributed by atoms with Gasteiger partial charge in [-0.2, -0.15) is 0 Å². The summed E-state index contributed by atoms with van der Waals surface area (Å²) in [5, 5.41) is 20.8. The highest BCUT2D eigenvalue weighted by molar-refractivity contribution is 7.99. The Kier molecular flexibility index (Phi) is 6.75. The van der Waals surface area contributed by atoms with Crippen molar-refractivity contribution in [3.05, 3.63) is 69.8 Å². The number of nitrogens with zero attached hydrogens (tertiary/aromatic N) is 1. The molecule has 0 saturated carbocycles. The second-order valence-electron chi connectivity index (χ2n) is 5.38. The highest BCUT2D eigenvalue weighted by Gasteiger charge is 2.31. The molecule has 134 valence electrons. The maximum atomic E-state index is 11.3. The zero-order valence-electron chi connectivity index (χ0n) is 13.2. The molecule has 0 aliphatic heterocycles. The van der Waals surface area contributed by atoms with Crippen molar-refractivity contribution in [2.45, 2.75) is 23.6 Å². The van der Waals surface area contributed by atoms with Gasteiger partial charge in [-0.3, -0.25) is 14.7 Å². The number of non-ortho nitro benzene ring substituents is 1. The van der Waals surface area contributed by atoms with Gasteiger partial charge in [0.1, 0.15) is 0 Å². The summed E-state index contributed by atoms with van der Waals surface area (Å²) in [5.41, 5.74) is 0.741. The fraction of sp³-hybridized carbons (Fsp3) is 0.250. The second-order valence-corrected chi connectivity index (χ2v) is 8.18. The smallest absolute Gasteiger partial charge is 0.358 e. The molecule has 2 rings (SSSR count). The van der Waals surface area contributed by atoms with Gasteiger partial charge in [0.15, 0.2) is 5.85 Å². The van der Waals surface area contributed by atoms with Gasteiger partial charge in [0.2, 0.25) is 0 Å². The summed E-state index contributed by atoms with van der Waals surface area (Å²) in [6.45, 7) is 0. The lowest BCUT2D eigenvalue weighted by Gasteiger charge is -2.16. The molecule has 0 aliphatic carbocycles. The number of benzene rings is 2. The predicted molar refractivity (Wildman–Crippen MR) is 95.6 cm³/mol. The van der Waals surface area contributed by atoms with Gasteiger partial charge in [-0.1, -0.05) is 30.3 Å². The molecule has 3 N–H and O–H groups in total. The normalized spacial score (nSPS) is 12.8. The molecule has 0 aliphatic rings. The lowest BCUT2D eigenvalue weighted by atomic mass is 10.1. The van der Waals surface area contributed by atoms with Crippen molar-refractivity contribution in [3.8, 4) is 0 Å². The van der Waals surface area contributed by atoms with Crippen molar-refractivity contribution in [1.82, 2.24) is 0 Å². The maximum Gasteiger partial charge on any atom is 0.358 e. The first-order valence-electron chi connectivity index (χ1n) is 7.47. The Morgan fingerprint density at radius 2 is 1.84 bits per heavy atom. The summed E-state index contributed by atoms with van der Waals surface area (Å²) in [6.07, 6.45) is 1.66.